The zero-order valence-corrected chi connectivity index (χ0v) is 19.8. The Balaban J connectivity index is 1.48. The molecule has 0 aromatic rings. The van der Waals surface area contributed by atoms with Crippen molar-refractivity contribution in [3.05, 3.63) is 23.8 Å². The van der Waals surface area contributed by atoms with E-state index >= 15 is 0 Å². The molecule has 1 saturated carbocycles. The molecule has 0 unspecified atom stereocenters. The normalized spacial score (nSPS) is 41.2. The monoisotopic (exact) mass is 431 g/mol. The van der Waals surface area contributed by atoms with E-state index in [9.17, 15) is 4.79 Å². The van der Waals surface area contributed by atoms with E-state index in [0.717, 1.165) is 18.3 Å². The van der Waals surface area contributed by atoms with Gasteiger partial charge in [0.25, 0.3) is 0 Å². The summed E-state index contributed by atoms with van der Waals surface area (Å²) in [6.07, 6.45) is 13.8. The third kappa shape index (κ3) is 3.54. The number of fused-ring (bicyclic) bond motifs is 5. The van der Waals surface area contributed by atoms with Crippen LogP contribution in [0.1, 0.15) is 71.6 Å². The Morgan fingerprint density at radius 1 is 1.24 bits per heavy atom. The Morgan fingerprint density at radius 3 is 2.79 bits per heavy atom. The summed E-state index contributed by atoms with van der Waals surface area (Å²) >= 11 is 4.51. The lowest BCUT2D eigenvalue weighted by atomic mass is 9.57. The molecule has 2 nitrogen and oxygen atoms in total. The molecule has 160 valence electrons. The summed E-state index contributed by atoms with van der Waals surface area (Å²) in [6, 6.07) is 0.797. The second kappa shape index (κ2) is 7.97. The molecule has 3 saturated heterocycles. The van der Waals surface area contributed by atoms with Crippen LogP contribution in [-0.4, -0.2) is 38.5 Å². The maximum Gasteiger partial charge on any atom is 0.227 e. The molecule has 29 heavy (non-hydrogen) atoms. The van der Waals surface area contributed by atoms with E-state index in [1.807, 2.05) is 0 Å². The van der Waals surface area contributed by atoms with E-state index in [2.05, 4.69) is 54.9 Å². The van der Waals surface area contributed by atoms with Gasteiger partial charge in [-0.05, 0) is 106 Å². The lowest BCUT2D eigenvalue weighted by molar-refractivity contribution is -0.149. The van der Waals surface area contributed by atoms with Crippen LogP contribution in [0, 0.1) is 23.7 Å². The molecule has 5 rings (SSSR count). The van der Waals surface area contributed by atoms with Crippen molar-refractivity contribution in [2.75, 3.05) is 11.5 Å². The summed E-state index contributed by atoms with van der Waals surface area (Å²) in [5.74, 6) is 5.28. The van der Waals surface area contributed by atoms with E-state index in [-0.39, 0.29) is 5.92 Å². The Morgan fingerprint density at radius 2 is 2.03 bits per heavy atom. The molecule has 0 N–H and O–H groups in total. The van der Waals surface area contributed by atoms with Crippen molar-refractivity contribution in [3.8, 4) is 0 Å². The second-order valence-corrected chi connectivity index (χ2v) is 13.6. The molecule has 1 amide bonds. The first-order valence-electron chi connectivity index (χ1n) is 11.9. The second-order valence-electron chi connectivity index (χ2n) is 10.4. The topological polar surface area (TPSA) is 20.3 Å². The number of carbonyl (C=O) groups excluding carboxylic acids is 1. The predicted molar refractivity (Wildman–Crippen MR) is 126 cm³/mol. The Kier molecular flexibility index (Phi) is 5.64. The largest absolute Gasteiger partial charge is 0.333 e. The molecule has 0 aromatic heterocycles. The summed E-state index contributed by atoms with van der Waals surface area (Å²) in [5, 5.41) is 0. The van der Waals surface area contributed by atoms with Gasteiger partial charge < -0.3 is 4.90 Å². The Bertz CT molecular complexity index is 710. The number of hydrogen-bond acceptors (Lipinski definition) is 3. The standard InChI is InChI=1S/C25H37NOS2/c1-16(2)14-21-23-19-10-11-25(28-12-5-13-29-25)15-18(19)8-9-20(23)22-7-4-6-17(3)26(22)24(21)27/h9,17-19,21-23H,1,4-8,10-15H2,2-3H3/t17-,18+,19+,21+,22-,23-/m0/s1. The summed E-state index contributed by atoms with van der Waals surface area (Å²) in [6.45, 7) is 8.61. The summed E-state index contributed by atoms with van der Waals surface area (Å²) in [4.78, 5) is 16.1. The molecular formula is C25H37NOS2. The fraction of sp³-hybridized carbons (Fsp3) is 0.800. The number of hydrogen-bond donors (Lipinski definition) is 0. The van der Waals surface area contributed by atoms with Crippen LogP contribution in [-0.2, 0) is 4.79 Å². The first-order valence-corrected chi connectivity index (χ1v) is 13.9. The quantitative estimate of drug-likeness (QED) is 0.480. The molecule has 2 aliphatic carbocycles. The van der Waals surface area contributed by atoms with E-state index in [4.69, 9.17) is 0 Å². The van der Waals surface area contributed by atoms with Crippen molar-refractivity contribution in [1.82, 2.24) is 4.90 Å². The van der Waals surface area contributed by atoms with Gasteiger partial charge in [0, 0.05) is 12.0 Å². The van der Waals surface area contributed by atoms with Gasteiger partial charge in [-0.2, -0.15) is 0 Å². The minimum Gasteiger partial charge on any atom is -0.333 e. The molecule has 3 heterocycles. The average molecular weight is 432 g/mol. The molecule has 3 aliphatic heterocycles. The van der Waals surface area contributed by atoms with Crippen LogP contribution in [0.3, 0.4) is 0 Å². The third-order valence-corrected chi connectivity index (χ3v) is 11.9. The molecule has 5 aliphatic rings. The van der Waals surface area contributed by atoms with Crippen molar-refractivity contribution in [3.63, 3.8) is 0 Å². The SMILES string of the molecule is C=C(C)C[C@H]1C(=O)N2[C@@H](C)CCC[C@H]2C2=CC[C@@H]3CC4(CC[C@H]3[C@@H]21)SCCCS4. The van der Waals surface area contributed by atoms with Gasteiger partial charge in [0.05, 0.1) is 10.1 Å². The van der Waals surface area contributed by atoms with Gasteiger partial charge in [0.1, 0.15) is 0 Å². The summed E-state index contributed by atoms with van der Waals surface area (Å²) in [5.41, 5.74) is 2.84. The van der Waals surface area contributed by atoms with Crippen LogP contribution in [0.4, 0.5) is 0 Å². The highest BCUT2D eigenvalue weighted by Gasteiger charge is 2.55. The van der Waals surface area contributed by atoms with Crippen molar-refractivity contribution >= 4 is 29.4 Å². The van der Waals surface area contributed by atoms with E-state index in [1.54, 1.807) is 5.57 Å². The van der Waals surface area contributed by atoms with Crippen LogP contribution in [0.25, 0.3) is 0 Å². The van der Waals surface area contributed by atoms with Crippen molar-refractivity contribution in [2.45, 2.75) is 87.8 Å². The molecule has 1 spiro atoms. The van der Waals surface area contributed by atoms with Crippen molar-refractivity contribution in [1.29, 1.82) is 0 Å². The molecule has 4 heteroatoms. The number of rotatable bonds is 2. The third-order valence-electron chi connectivity index (χ3n) is 8.43. The van der Waals surface area contributed by atoms with Crippen LogP contribution in [0.15, 0.2) is 23.8 Å². The van der Waals surface area contributed by atoms with E-state index < -0.39 is 0 Å². The first-order chi connectivity index (χ1) is 14.0. The fourth-order valence-corrected chi connectivity index (χ4v) is 10.8. The highest BCUT2D eigenvalue weighted by atomic mass is 32.2. The Labute approximate surface area is 185 Å². The molecular weight excluding hydrogens is 394 g/mol. The lowest BCUT2D eigenvalue weighted by Crippen LogP contribution is -2.60. The van der Waals surface area contributed by atoms with Gasteiger partial charge >= 0.3 is 0 Å². The number of amides is 1. The van der Waals surface area contributed by atoms with Gasteiger partial charge in [-0.1, -0.05) is 11.6 Å². The van der Waals surface area contributed by atoms with Gasteiger partial charge in [0.15, 0.2) is 0 Å². The molecule has 0 bridgehead atoms. The molecule has 6 atom stereocenters. The maximum atomic E-state index is 13.8. The average Bonchev–Trinajstić information content (AvgIpc) is 2.70. The highest BCUT2D eigenvalue weighted by Crippen LogP contribution is 2.60. The summed E-state index contributed by atoms with van der Waals surface area (Å²) in [7, 11) is 0. The van der Waals surface area contributed by atoms with E-state index in [1.165, 1.54) is 68.4 Å². The zero-order chi connectivity index (χ0) is 20.2. The van der Waals surface area contributed by atoms with Crippen molar-refractivity contribution in [2.24, 2.45) is 23.7 Å². The fourth-order valence-electron chi connectivity index (χ4n) is 7.27. The number of nitrogens with zero attached hydrogens (tertiary/aromatic N) is 1. The van der Waals surface area contributed by atoms with Crippen LogP contribution < -0.4 is 0 Å². The number of allylic oxidation sites excluding steroid dienone is 2. The lowest BCUT2D eigenvalue weighted by Gasteiger charge is -2.57. The highest BCUT2D eigenvalue weighted by molar-refractivity contribution is 8.18. The molecule has 0 radical (unpaired) electrons. The maximum absolute atomic E-state index is 13.8. The minimum atomic E-state index is 0.143. The number of thioether (sulfide) groups is 2. The van der Waals surface area contributed by atoms with Gasteiger partial charge in [-0.15, -0.1) is 30.1 Å². The van der Waals surface area contributed by atoms with Gasteiger partial charge in [-0.3, -0.25) is 4.79 Å². The smallest absolute Gasteiger partial charge is 0.227 e. The van der Waals surface area contributed by atoms with Gasteiger partial charge in [0.2, 0.25) is 5.91 Å². The number of carbonyl (C=O) groups is 1. The van der Waals surface area contributed by atoms with Crippen LogP contribution >= 0.6 is 23.5 Å². The van der Waals surface area contributed by atoms with Crippen LogP contribution in [0.2, 0.25) is 0 Å². The Hall–Kier alpha value is -0.350. The van der Waals surface area contributed by atoms with Crippen LogP contribution in [0.5, 0.6) is 0 Å². The first kappa shape index (κ1) is 20.5. The summed E-state index contributed by atoms with van der Waals surface area (Å²) < 4.78 is 0.485. The molecule has 4 fully saturated rings. The number of piperidine rings is 2. The predicted octanol–water partition coefficient (Wildman–Crippen LogP) is 6.28. The minimum absolute atomic E-state index is 0.143. The van der Waals surface area contributed by atoms with Gasteiger partial charge in [-0.25, -0.2) is 0 Å². The zero-order valence-electron chi connectivity index (χ0n) is 18.2. The van der Waals surface area contributed by atoms with E-state index in [0.29, 0.717) is 28.0 Å². The molecule has 0 aromatic carbocycles. The van der Waals surface area contributed by atoms with Crippen molar-refractivity contribution < 1.29 is 4.79 Å².